The lowest BCUT2D eigenvalue weighted by molar-refractivity contribution is 0.0690. The average Bonchev–Trinajstić information content (AvgIpc) is 3.35. The van der Waals surface area contributed by atoms with Crippen molar-refractivity contribution in [2.24, 2.45) is 0 Å². The Hall–Kier alpha value is -3.86. The van der Waals surface area contributed by atoms with Crippen molar-refractivity contribution in [2.45, 2.75) is 19.3 Å². The summed E-state index contributed by atoms with van der Waals surface area (Å²) >= 11 is 0. The van der Waals surface area contributed by atoms with Crippen LogP contribution in [0.4, 0.5) is 5.82 Å². The lowest BCUT2D eigenvalue weighted by Crippen LogP contribution is -2.01. The molecule has 2 heterocycles. The van der Waals surface area contributed by atoms with Gasteiger partial charge in [0.25, 0.3) is 0 Å². The quantitative estimate of drug-likeness (QED) is 0.637. The number of H-pyrrole nitrogens is 1. The number of pyridine rings is 1. The number of nitrogens with zero attached hydrogens (tertiary/aromatic N) is 3. The zero-order valence-corrected chi connectivity index (χ0v) is 15.1. The minimum Gasteiger partial charge on any atom is -0.496 e. The van der Waals surface area contributed by atoms with Gasteiger partial charge in [-0.05, 0) is 48.6 Å². The highest BCUT2D eigenvalue weighted by atomic mass is 16.5. The Morgan fingerprint density at radius 2 is 1.96 bits per heavy atom. The normalized spacial score (nSPS) is 12.4. The molecule has 4 N–H and O–H groups in total. The van der Waals surface area contributed by atoms with Crippen LogP contribution in [0.1, 0.15) is 33.6 Å². The molecular formula is C20H17N5O3. The number of nitrogen functional groups attached to an aromatic ring is 1. The van der Waals surface area contributed by atoms with Crippen LogP contribution in [0.15, 0.2) is 24.3 Å². The zero-order valence-electron chi connectivity index (χ0n) is 15.1. The number of rotatable bonds is 4. The molecule has 0 atom stereocenters. The minimum absolute atomic E-state index is 0.0532. The Balaban J connectivity index is 1.93. The molecule has 28 heavy (non-hydrogen) atoms. The molecule has 140 valence electrons. The summed E-state index contributed by atoms with van der Waals surface area (Å²) in [7, 11) is 1.59. The SMILES string of the molecule is COc1cc2c(cc1-c1cc(-c3cc(C(=O)O)[nH]n3)nc(N)c1C#N)CCC2. The fraction of sp³-hybridized carbons (Fsp3) is 0.200. The Morgan fingerprint density at radius 3 is 2.61 bits per heavy atom. The molecule has 0 unspecified atom stereocenters. The summed E-state index contributed by atoms with van der Waals surface area (Å²) < 4.78 is 5.58. The summed E-state index contributed by atoms with van der Waals surface area (Å²) in [5.41, 5.74) is 10.7. The van der Waals surface area contributed by atoms with E-state index in [-0.39, 0.29) is 17.1 Å². The standard InChI is InChI=1S/C20H17N5O3/c1-28-18-6-11-4-2-3-10(11)5-13(18)12-7-15(23-19(22)14(12)9-21)16-8-17(20(26)27)25-24-16/h5-8H,2-4H2,1H3,(H2,22,23)(H,24,25)(H,26,27). The van der Waals surface area contributed by atoms with Crippen LogP contribution >= 0.6 is 0 Å². The van der Waals surface area contributed by atoms with E-state index in [1.807, 2.05) is 12.1 Å². The predicted octanol–water partition coefficient (Wildman–Crippen LogP) is 2.79. The number of anilines is 1. The monoisotopic (exact) mass is 375 g/mol. The maximum Gasteiger partial charge on any atom is 0.353 e. The molecule has 0 saturated carbocycles. The number of nitrogens with two attached hydrogens (primary N) is 1. The van der Waals surface area contributed by atoms with Crippen molar-refractivity contribution < 1.29 is 14.6 Å². The highest BCUT2D eigenvalue weighted by molar-refractivity contribution is 5.88. The van der Waals surface area contributed by atoms with Crippen LogP contribution in [0.5, 0.6) is 5.75 Å². The molecule has 0 bridgehead atoms. The number of aromatic carboxylic acids is 1. The summed E-state index contributed by atoms with van der Waals surface area (Å²) in [6.07, 6.45) is 3.07. The van der Waals surface area contributed by atoms with Crippen LogP contribution in [-0.4, -0.2) is 33.4 Å². The number of aromatic amines is 1. The molecule has 8 heteroatoms. The molecular weight excluding hydrogens is 358 g/mol. The molecule has 3 aromatic rings. The van der Waals surface area contributed by atoms with E-state index in [9.17, 15) is 10.1 Å². The van der Waals surface area contributed by atoms with Gasteiger partial charge >= 0.3 is 5.97 Å². The molecule has 2 aromatic heterocycles. The second-order valence-corrected chi connectivity index (χ2v) is 6.57. The third-order valence-corrected chi connectivity index (χ3v) is 4.93. The van der Waals surface area contributed by atoms with Crippen molar-refractivity contribution in [3.8, 4) is 34.3 Å². The molecule has 0 aliphatic heterocycles. The summed E-state index contributed by atoms with van der Waals surface area (Å²) in [6.45, 7) is 0. The van der Waals surface area contributed by atoms with Gasteiger partial charge in [-0.2, -0.15) is 10.4 Å². The molecule has 0 saturated heterocycles. The van der Waals surface area contributed by atoms with E-state index in [1.165, 1.54) is 17.2 Å². The summed E-state index contributed by atoms with van der Waals surface area (Å²) in [5, 5.41) is 25.2. The van der Waals surface area contributed by atoms with E-state index in [1.54, 1.807) is 13.2 Å². The van der Waals surface area contributed by atoms with Gasteiger partial charge in [-0.3, -0.25) is 5.10 Å². The lowest BCUT2D eigenvalue weighted by atomic mass is 9.95. The number of hydrogen-bond acceptors (Lipinski definition) is 6. The number of ether oxygens (including phenoxy) is 1. The topological polar surface area (TPSA) is 138 Å². The van der Waals surface area contributed by atoms with E-state index >= 15 is 0 Å². The van der Waals surface area contributed by atoms with Crippen LogP contribution < -0.4 is 10.5 Å². The van der Waals surface area contributed by atoms with Crippen LogP contribution in [0.2, 0.25) is 0 Å². The Bertz CT molecular complexity index is 1140. The number of carboxylic acid groups (broad SMARTS) is 1. The van der Waals surface area contributed by atoms with Crippen molar-refractivity contribution in [1.29, 1.82) is 5.26 Å². The lowest BCUT2D eigenvalue weighted by Gasteiger charge is -2.14. The van der Waals surface area contributed by atoms with Crippen molar-refractivity contribution in [3.05, 3.63) is 46.6 Å². The van der Waals surface area contributed by atoms with Gasteiger partial charge in [0.1, 0.15) is 34.6 Å². The van der Waals surface area contributed by atoms with Crippen LogP contribution in [0, 0.1) is 11.3 Å². The number of methoxy groups -OCH3 is 1. The second kappa shape index (κ2) is 6.70. The third-order valence-electron chi connectivity index (χ3n) is 4.93. The first-order valence-corrected chi connectivity index (χ1v) is 8.71. The molecule has 1 aromatic carbocycles. The molecule has 4 rings (SSSR count). The maximum atomic E-state index is 11.1. The minimum atomic E-state index is -1.12. The highest BCUT2D eigenvalue weighted by Crippen LogP contribution is 2.39. The van der Waals surface area contributed by atoms with E-state index in [0.29, 0.717) is 22.7 Å². The number of benzene rings is 1. The van der Waals surface area contributed by atoms with Gasteiger partial charge in [0.15, 0.2) is 0 Å². The van der Waals surface area contributed by atoms with E-state index < -0.39 is 5.97 Å². The number of carbonyl (C=O) groups is 1. The van der Waals surface area contributed by atoms with Crippen LogP contribution in [0.3, 0.4) is 0 Å². The first kappa shape index (κ1) is 17.5. The van der Waals surface area contributed by atoms with Crippen molar-refractivity contribution in [2.75, 3.05) is 12.8 Å². The van der Waals surface area contributed by atoms with E-state index in [2.05, 4.69) is 21.3 Å². The van der Waals surface area contributed by atoms with Gasteiger partial charge in [0, 0.05) is 17.2 Å². The van der Waals surface area contributed by atoms with E-state index in [0.717, 1.165) is 24.8 Å². The van der Waals surface area contributed by atoms with Crippen LogP contribution in [-0.2, 0) is 12.8 Å². The van der Waals surface area contributed by atoms with Crippen molar-refractivity contribution in [1.82, 2.24) is 15.2 Å². The van der Waals surface area contributed by atoms with Gasteiger partial charge in [-0.15, -0.1) is 0 Å². The Kier molecular flexibility index (Phi) is 4.20. The summed E-state index contributed by atoms with van der Waals surface area (Å²) in [4.78, 5) is 15.4. The number of hydrogen-bond donors (Lipinski definition) is 3. The van der Waals surface area contributed by atoms with Gasteiger partial charge < -0.3 is 15.6 Å². The maximum absolute atomic E-state index is 11.1. The molecule has 0 spiro atoms. The average molecular weight is 375 g/mol. The second-order valence-electron chi connectivity index (χ2n) is 6.57. The molecule has 1 aliphatic rings. The number of nitriles is 1. The number of fused-ring (bicyclic) bond motifs is 1. The number of nitrogens with one attached hydrogen (secondary N) is 1. The van der Waals surface area contributed by atoms with Crippen LogP contribution in [0.25, 0.3) is 22.5 Å². The van der Waals surface area contributed by atoms with Gasteiger partial charge in [-0.1, -0.05) is 0 Å². The molecule has 1 aliphatic carbocycles. The van der Waals surface area contributed by atoms with E-state index in [4.69, 9.17) is 15.6 Å². The summed E-state index contributed by atoms with van der Waals surface area (Å²) in [5.74, 6) is -0.416. The Labute approximate surface area is 160 Å². The molecule has 0 radical (unpaired) electrons. The number of carboxylic acids is 1. The molecule has 8 nitrogen and oxygen atoms in total. The van der Waals surface area contributed by atoms with Gasteiger partial charge in [-0.25, -0.2) is 9.78 Å². The largest absolute Gasteiger partial charge is 0.496 e. The summed E-state index contributed by atoms with van der Waals surface area (Å²) in [6, 6.07) is 9.23. The van der Waals surface area contributed by atoms with Crippen molar-refractivity contribution >= 4 is 11.8 Å². The van der Waals surface area contributed by atoms with Gasteiger partial charge in [0.05, 0.1) is 12.8 Å². The first-order valence-electron chi connectivity index (χ1n) is 8.71. The number of aromatic nitrogens is 3. The fourth-order valence-corrected chi connectivity index (χ4v) is 3.57. The number of aryl methyl sites for hydroxylation is 2. The smallest absolute Gasteiger partial charge is 0.353 e. The molecule has 0 amide bonds. The Morgan fingerprint density at radius 1 is 1.21 bits per heavy atom. The fourth-order valence-electron chi connectivity index (χ4n) is 3.57. The zero-order chi connectivity index (χ0) is 19.8. The first-order chi connectivity index (χ1) is 13.5. The van der Waals surface area contributed by atoms with Crippen molar-refractivity contribution in [3.63, 3.8) is 0 Å². The van der Waals surface area contributed by atoms with Gasteiger partial charge in [0.2, 0.25) is 0 Å². The highest BCUT2D eigenvalue weighted by Gasteiger charge is 2.21. The third kappa shape index (κ3) is 2.83. The molecule has 0 fully saturated rings. The predicted molar refractivity (Wildman–Crippen MR) is 102 cm³/mol.